The molecular formula is C25H27NO3. The average Bonchev–Trinajstić information content (AvgIpc) is 3.26. The molecule has 0 unspecified atom stereocenters. The van der Waals surface area contributed by atoms with Crippen molar-refractivity contribution in [2.75, 3.05) is 12.8 Å². The smallest absolute Gasteiger partial charge is 0.305 e. The summed E-state index contributed by atoms with van der Waals surface area (Å²) >= 11 is 0. The van der Waals surface area contributed by atoms with Crippen molar-refractivity contribution in [2.45, 2.75) is 44.6 Å². The molecule has 2 N–H and O–H groups in total. The minimum absolute atomic E-state index is 0.220. The fraction of sp³-hybridized carbons (Fsp3) is 0.320. The first-order valence-electron chi connectivity index (χ1n) is 10.3. The van der Waals surface area contributed by atoms with Crippen LogP contribution in [-0.4, -0.2) is 19.2 Å². The minimum atomic E-state index is -0.220. The molecule has 1 aliphatic carbocycles. The van der Waals surface area contributed by atoms with Gasteiger partial charge in [-0.3, -0.25) is 4.79 Å². The Morgan fingerprint density at radius 1 is 1.03 bits per heavy atom. The van der Waals surface area contributed by atoms with Gasteiger partial charge in [-0.15, -0.1) is 0 Å². The molecule has 4 nitrogen and oxygen atoms in total. The lowest BCUT2D eigenvalue weighted by atomic mass is 9.96. The number of aryl methyl sites for hydroxylation is 1. The standard InChI is InChI=1S/C25H27NO3/c1-28-24(27)13-10-17-14-22(20-12-11-18-6-2-3-7-19(18)16-20)25(23(26)15-17)29-21-8-4-5-9-21/h2-3,6-7,11-12,14-16,21H,4-5,8-10,13,26H2,1H3. The van der Waals surface area contributed by atoms with Crippen molar-refractivity contribution in [1.82, 2.24) is 0 Å². The SMILES string of the molecule is COC(=O)CCc1cc(N)c(OC2CCCC2)c(-c2ccc3ccccc3c2)c1. The summed E-state index contributed by atoms with van der Waals surface area (Å²) in [4.78, 5) is 11.6. The summed E-state index contributed by atoms with van der Waals surface area (Å²) in [6, 6.07) is 18.8. The van der Waals surface area contributed by atoms with Gasteiger partial charge in [0.25, 0.3) is 0 Å². The number of rotatable bonds is 6. The molecule has 0 heterocycles. The first-order valence-corrected chi connectivity index (χ1v) is 10.3. The molecule has 0 saturated heterocycles. The zero-order valence-electron chi connectivity index (χ0n) is 16.8. The van der Waals surface area contributed by atoms with E-state index in [4.69, 9.17) is 15.2 Å². The highest BCUT2D eigenvalue weighted by Crippen LogP contribution is 2.40. The van der Waals surface area contributed by atoms with Crippen molar-refractivity contribution in [3.05, 3.63) is 60.2 Å². The number of anilines is 1. The number of methoxy groups -OCH3 is 1. The number of carbonyl (C=O) groups is 1. The van der Waals surface area contributed by atoms with Gasteiger partial charge >= 0.3 is 5.97 Å². The Kier molecular flexibility index (Phi) is 5.70. The Bertz CT molecular complexity index is 1020. The van der Waals surface area contributed by atoms with Crippen LogP contribution in [0.4, 0.5) is 5.69 Å². The molecule has 1 saturated carbocycles. The molecule has 0 radical (unpaired) electrons. The van der Waals surface area contributed by atoms with Crippen LogP contribution in [0, 0.1) is 0 Å². The van der Waals surface area contributed by atoms with E-state index in [0.717, 1.165) is 35.3 Å². The van der Waals surface area contributed by atoms with Gasteiger partial charge in [-0.1, -0.05) is 36.4 Å². The van der Waals surface area contributed by atoms with E-state index in [9.17, 15) is 4.79 Å². The van der Waals surface area contributed by atoms with Crippen LogP contribution in [-0.2, 0) is 16.0 Å². The van der Waals surface area contributed by atoms with Crippen molar-refractivity contribution in [3.8, 4) is 16.9 Å². The summed E-state index contributed by atoms with van der Waals surface area (Å²) in [6.07, 6.45) is 5.68. The Labute approximate surface area is 171 Å². The Morgan fingerprint density at radius 3 is 2.55 bits per heavy atom. The van der Waals surface area contributed by atoms with Crippen LogP contribution >= 0.6 is 0 Å². The van der Waals surface area contributed by atoms with Crippen LogP contribution in [0.3, 0.4) is 0 Å². The van der Waals surface area contributed by atoms with E-state index in [-0.39, 0.29) is 12.1 Å². The van der Waals surface area contributed by atoms with E-state index in [1.807, 2.05) is 18.2 Å². The molecule has 1 fully saturated rings. The number of hydrogen-bond acceptors (Lipinski definition) is 4. The zero-order valence-corrected chi connectivity index (χ0v) is 16.8. The van der Waals surface area contributed by atoms with Gasteiger partial charge in [0.1, 0.15) is 5.75 Å². The molecule has 4 rings (SSSR count). The zero-order chi connectivity index (χ0) is 20.2. The topological polar surface area (TPSA) is 61.5 Å². The number of ether oxygens (including phenoxy) is 2. The quantitative estimate of drug-likeness (QED) is 0.446. The van der Waals surface area contributed by atoms with Gasteiger partial charge in [0.05, 0.1) is 18.9 Å². The Balaban J connectivity index is 1.75. The first-order chi connectivity index (χ1) is 14.1. The molecule has 0 spiro atoms. The molecule has 3 aromatic rings. The molecule has 3 aromatic carbocycles. The third-order valence-corrected chi connectivity index (χ3v) is 5.67. The van der Waals surface area contributed by atoms with Gasteiger partial charge in [-0.25, -0.2) is 0 Å². The second-order valence-electron chi connectivity index (χ2n) is 7.72. The first kappa shape index (κ1) is 19.3. The molecule has 1 aliphatic rings. The van der Waals surface area contributed by atoms with Gasteiger partial charge < -0.3 is 15.2 Å². The maximum Gasteiger partial charge on any atom is 0.305 e. The van der Waals surface area contributed by atoms with Gasteiger partial charge in [0.2, 0.25) is 0 Å². The highest BCUT2D eigenvalue weighted by atomic mass is 16.5. The average molecular weight is 389 g/mol. The van der Waals surface area contributed by atoms with Crippen LogP contribution in [0.25, 0.3) is 21.9 Å². The third kappa shape index (κ3) is 4.37. The Hall–Kier alpha value is -3.01. The van der Waals surface area contributed by atoms with Crippen molar-refractivity contribution < 1.29 is 14.3 Å². The summed E-state index contributed by atoms with van der Waals surface area (Å²) in [5, 5.41) is 2.37. The number of hydrogen-bond donors (Lipinski definition) is 1. The Morgan fingerprint density at radius 2 is 1.79 bits per heavy atom. The predicted octanol–water partition coefficient (Wildman–Crippen LogP) is 5.52. The molecule has 0 amide bonds. The molecule has 0 atom stereocenters. The molecule has 4 heteroatoms. The second-order valence-corrected chi connectivity index (χ2v) is 7.72. The third-order valence-electron chi connectivity index (χ3n) is 5.67. The minimum Gasteiger partial charge on any atom is -0.488 e. The lowest BCUT2D eigenvalue weighted by molar-refractivity contribution is -0.140. The summed E-state index contributed by atoms with van der Waals surface area (Å²) in [6.45, 7) is 0. The number of fused-ring (bicyclic) bond motifs is 1. The molecule has 0 aliphatic heterocycles. The lowest BCUT2D eigenvalue weighted by Gasteiger charge is -2.20. The number of esters is 1. The molecule has 0 aromatic heterocycles. The van der Waals surface area contributed by atoms with E-state index in [1.54, 1.807) is 0 Å². The van der Waals surface area contributed by atoms with Gasteiger partial charge in [0.15, 0.2) is 0 Å². The maximum atomic E-state index is 11.6. The largest absolute Gasteiger partial charge is 0.488 e. The van der Waals surface area contributed by atoms with Crippen LogP contribution in [0.1, 0.15) is 37.7 Å². The van der Waals surface area contributed by atoms with Crippen LogP contribution in [0.15, 0.2) is 54.6 Å². The van der Waals surface area contributed by atoms with Crippen LogP contribution in [0.2, 0.25) is 0 Å². The van der Waals surface area contributed by atoms with E-state index in [0.29, 0.717) is 18.5 Å². The molecule has 150 valence electrons. The van der Waals surface area contributed by atoms with E-state index >= 15 is 0 Å². The summed E-state index contributed by atoms with van der Waals surface area (Å²) in [7, 11) is 1.41. The number of benzene rings is 3. The van der Waals surface area contributed by atoms with Crippen molar-refractivity contribution in [1.29, 1.82) is 0 Å². The molecular weight excluding hydrogens is 362 g/mol. The second kappa shape index (κ2) is 8.56. The maximum absolute atomic E-state index is 11.6. The highest BCUT2D eigenvalue weighted by molar-refractivity contribution is 5.89. The molecule has 0 bridgehead atoms. The van der Waals surface area contributed by atoms with E-state index < -0.39 is 0 Å². The lowest BCUT2D eigenvalue weighted by Crippen LogP contribution is -2.13. The normalized spacial score (nSPS) is 14.2. The van der Waals surface area contributed by atoms with Gasteiger partial charge in [-0.2, -0.15) is 0 Å². The van der Waals surface area contributed by atoms with Gasteiger partial charge in [-0.05, 0) is 72.2 Å². The van der Waals surface area contributed by atoms with Crippen molar-refractivity contribution in [3.63, 3.8) is 0 Å². The predicted molar refractivity (Wildman–Crippen MR) is 117 cm³/mol. The van der Waals surface area contributed by atoms with Crippen LogP contribution < -0.4 is 10.5 Å². The number of nitrogen functional groups attached to an aromatic ring is 1. The van der Waals surface area contributed by atoms with Crippen molar-refractivity contribution in [2.24, 2.45) is 0 Å². The van der Waals surface area contributed by atoms with E-state index in [1.165, 1.54) is 30.7 Å². The number of nitrogens with two attached hydrogens (primary N) is 1. The summed E-state index contributed by atoms with van der Waals surface area (Å²) < 4.78 is 11.2. The fourth-order valence-corrected chi connectivity index (χ4v) is 4.08. The highest BCUT2D eigenvalue weighted by Gasteiger charge is 2.21. The summed E-state index contributed by atoms with van der Waals surface area (Å²) in [5.74, 6) is 0.538. The van der Waals surface area contributed by atoms with Crippen LogP contribution in [0.5, 0.6) is 5.75 Å². The van der Waals surface area contributed by atoms with E-state index in [2.05, 4.69) is 36.4 Å². The molecule has 29 heavy (non-hydrogen) atoms. The summed E-state index contributed by atoms with van der Waals surface area (Å²) in [5.41, 5.74) is 10.1. The number of carbonyl (C=O) groups excluding carboxylic acids is 1. The van der Waals surface area contributed by atoms with Crippen molar-refractivity contribution >= 4 is 22.4 Å². The van der Waals surface area contributed by atoms with Gasteiger partial charge in [0, 0.05) is 12.0 Å². The monoisotopic (exact) mass is 389 g/mol. The fourth-order valence-electron chi connectivity index (χ4n) is 4.08.